The van der Waals surface area contributed by atoms with Gasteiger partial charge in [-0.25, -0.2) is 0 Å². The summed E-state index contributed by atoms with van der Waals surface area (Å²) in [7, 11) is 1.49. The molecule has 2 saturated heterocycles. The summed E-state index contributed by atoms with van der Waals surface area (Å²) in [6.07, 6.45) is 4.15. The van der Waals surface area contributed by atoms with Crippen molar-refractivity contribution in [3.63, 3.8) is 0 Å². The van der Waals surface area contributed by atoms with E-state index in [9.17, 15) is 9.59 Å². The summed E-state index contributed by atoms with van der Waals surface area (Å²) in [4.78, 5) is 27.0. The van der Waals surface area contributed by atoms with Crippen molar-refractivity contribution in [3.05, 3.63) is 22.7 Å². The fourth-order valence-electron chi connectivity index (χ4n) is 4.60. The molecule has 31 heavy (non-hydrogen) atoms. The smallest absolute Gasteiger partial charge is 0.255 e. The number of ether oxygens (including phenoxy) is 2. The molecule has 2 N–H and O–H groups in total. The van der Waals surface area contributed by atoms with E-state index in [2.05, 4.69) is 29.4 Å². The quantitative estimate of drug-likeness (QED) is 0.629. The molecule has 0 radical (unpaired) electrons. The van der Waals surface area contributed by atoms with Gasteiger partial charge in [-0.05, 0) is 44.2 Å². The van der Waals surface area contributed by atoms with E-state index in [0.29, 0.717) is 53.2 Å². The van der Waals surface area contributed by atoms with Crippen LogP contribution in [0.1, 0.15) is 56.8 Å². The predicted octanol–water partition coefficient (Wildman–Crippen LogP) is 3.70. The monoisotopic (exact) mass is 451 g/mol. The van der Waals surface area contributed by atoms with Gasteiger partial charge in [0.25, 0.3) is 5.91 Å². The van der Waals surface area contributed by atoms with E-state index >= 15 is 0 Å². The van der Waals surface area contributed by atoms with Gasteiger partial charge in [0.2, 0.25) is 5.91 Å². The van der Waals surface area contributed by atoms with Crippen LogP contribution in [0.3, 0.4) is 0 Å². The Hall–Kier alpha value is -1.83. The molecule has 3 rings (SSSR count). The van der Waals surface area contributed by atoms with E-state index in [-0.39, 0.29) is 17.9 Å². The van der Waals surface area contributed by atoms with E-state index in [1.807, 2.05) is 0 Å². The molecule has 1 aromatic carbocycles. The number of nitrogens with one attached hydrogen (secondary N) is 2. The minimum absolute atomic E-state index is 0.0752. The normalized spacial score (nSPS) is 23.5. The lowest BCUT2D eigenvalue weighted by Crippen LogP contribution is -2.60. The molecule has 2 amide bonds. The topological polar surface area (TPSA) is 79.9 Å². The van der Waals surface area contributed by atoms with Crippen LogP contribution in [-0.2, 0) is 9.53 Å². The summed E-state index contributed by atoms with van der Waals surface area (Å²) in [5, 5.41) is 6.12. The fraction of sp³-hybridized carbons (Fsp3) is 0.652. The molecule has 0 aliphatic carbocycles. The molecule has 2 bridgehead atoms. The van der Waals surface area contributed by atoms with Crippen molar-refractivity contribution in [2.75, 3.05) is 32.2 Å². The van der Waals surface area contributed by atoms with Crippen LogP contribution >= 0.6 is 11.6 Å². The number of halogens is 1. The number of amides is 2. The molecule has 0 spiro atoms. The lowest BCUT2D eigenvalue weighted by atomic mass is 9.89. The molecule has 0 aromatic heterocycles. The van der Waals surface area contributed by atoms with Gasteiger partial charge in [0.15, 0.2) is 0 Å². The third kappa shape index (κ3) is 6.11. The number of nitrogens with zero attached hydrogens (tertiary/aromatic N) is 1. The molecule has 8 heteroatoms. The summed E-state index contributed by atoms with van der Waals surface area (Å²) in [6.45, 7) is 8.44. The van der Waals surface area contributed by atoms with Crippen LogP contribution in [-0.4, -0.2) is 61.7 Å². The van der Waals surface area contributed by atoms with Gasteiger partial charge in [0.05, 0.1) is 36.6 Å². The third-order valence-electron chi connectivity index (χ3n) is 6.05. The minimum atomic E-state index is -0.241. The molecule has 2 heterocycles. The molecular formula is C23H34ClN3O4. The first-order chi connectivity index (χ1) is 14.8. The lowest BCUT2D eigenvalue weighted by molar-refractivity contribution is -0.114. The molecular weight excluding hydrogens is 418 g/mol. The average molecular weight is 452 g/mol. The molecule has 0 saturated carbocycles. The number of hydrogen-bond donors (Lipinski definition) is 2. The highest BCUT2D eigenvalue weighted by Gasteiger charge is 2.39. The molecule has 2 aliphatic heterocycles. The Bertz CT molecular complexity index is 787. The molecule has 2 aliphatic rings. The molecule has 172 valence electrons. The SMILES string of the molecule is COc1cc(NC(C)=O)c(Cl)cc1C(=O)NC1CC2COCC(C1)N2CCCC(C)C. The minimum Gasteiger partial charge on any atom is -0.496 e. The number of fused-ring (bicyclic) bond motifs is 2. The maximum atomic E-state index is 13.0. The first kappa shape index (κ1) is 23.8. The van der Waals surface area contributed by atoms with E-state index in [0.717, 1.165) is 19.4 Å². The van der Waals surface area contributed by atoms with Crippen LogP contribution < -0.4 is 15.4 Å². The van der Waals surface area contributed by atoms with Gasteiger partial charge >= 0.3 is 0 Å². The van der Waals surface area contributed by atoms with Gasteiger partial charge in [-0.3, -0.25) is 14.5 Å². The highest BCUT2D eigenvalue weighted by molar-refractivity contribution is 6.34. The van der Waals surface area contributed by atoms with Gasteiger partial charge in [-0.1, -0.05) is 25.4 Å². The number of morpholine rings is 1. The van der Waals surface area contributed by atoms with Gasteiger partial charge in [0.1, 0.15) is 5.75 Å². The van der Waals surface area contributed by atoms with E-state index in [1.165, 1.54) is 26.9 Å². The maximum absolute atomic E-state index is 13.0. The molecule has 1 aromatic rings. The summed E-state index contributed by atoms with van der Waals surface area (Å²) in [5.74, 6) is 0.632. The van der Waals surface area contributed by atoms with Crippen LogP contribution in [0.4, 0.5) is 5.69 Å². The van der Waals surface area contributed by atoms with Gasteiger partial charge in [-0.2, -0.15) is 0 Å². The summed E-state index contributed by atoms with van der Waals surface area (Å²) < 4.78 is 11.2. The summed E-state index contributed by atoms with van der Waals surface area (Å²) in [5.41, 5.74) is 0.784. The van der Waals surface area contributed by atoms with Crippen LogP contribution in [0.2, 0.25) is 5.02 Å². The summed E-state index contributed by atoms with van der Waals surface area (Å²) in [6, 6.07) is 3.87. The first-order valence-corrected chi connectivity index (χ1v) is 11.5. The van der Waals surface area contributed by atoms with Crippen molar-refractivity contribution >= 4 is 29.1 Å². The van der Waals surface area contributed by atoms with Crippen molar-refractivity contribution in [2.24, 2.45) is 5.92 Å². The number of rotatable bonds is 8. The van der Waals surface area contributed by atoms with Gasteiger partial charge in [0, 0.05) is 31.1 Å². The zero-order valence-electron chi connectivity index (χ0n) is 18.9. The lowest BCUT2D eigenvalue weighted by Gasteiger charge is -2.48. The van der Waals surface area contributed by atoms with Crippen LogP contribution in [0.15, 0.2) is 12.1 Å². The predicted molar refractivity (Wildman–Crippen MR) is 122 cm³/mol. The Morgan fingerprint density at radius 2 is 1.94 bits per heavy atom. The van der Waals surface area contributed by atoms with E-state index in [4.69, 9.17) is 21.1 Å². The second-order valence-corrected chi connectivity index (χ2v) is 9.38. The van der Waals surface area contributed by atoms with Crippen molar-refractivity contribution in [1.82, 2.24) is 10.2 Å². The van der Waals surface area contributed by atoms with Crippen molar-refractivity contribution in [2.45, 2.75) is 64.6 Å². The van der Waals surface area contributed by atoms with Gasteiger partial charge in [-0.15, -0.1) is 0 Å². The number of anilines is 1. The molecule has 2 unspecified atom stereocenters. The Morgan fingerprint density at radius 3 is 2.52 bits per heavy atom. The Labute approximate surface area is 189 Å². The highest BCUT2D eigenvalue weighted by atomic mass is 35.5. The third-order valence-corrected chi connectivity index (χ3v) is 6.36. The molecule has 7 nitrogen and oxygen atoms in total. The number of piperidine rings is 1. The van der Waals surface area contributed by atoms with Gasteiger partial charge < -0.3 is 20.1 Å². The van der Waals surface area contributed by atoms with E-state index in [1.54, 1.807) is 12.1 Å². The second-order valence-electron chi connectivity index (χ2n) is 8.97. The van der Waals surface area contributed by atoms with Crippen LogP contribution in [0, 0.1) is 5.92 Å². The zero-order chi connectivity index (χ0) is 22.5. The van der Waals surface area contributed by atoms with E-state index < -0.39 is 0 Å². The highest BCUT2D eigenvalue weighted by Crippen LogP contribution is 2.32. The molecule has 2 atom stereocenters. The largest absolute Gasteiger partial charge is 0.496 e. The Kier molecular flexibility index (Phi) is 8.19. The Morgan fingerprint density at radius 1 is 1.26 bits per heavy atom. The number of carbonyl (C=O) groups excluding carboxylic acids is 2. The van der Waals surface area contributed by atoms with Crippen LogP contribution in [0.25, 0.3) is 0 Å². The fourth-order valence-corrected chi connectivity index (χ4v) is 4.81. The Balaban J connectivity index is 1.66. The number of carbonyl (C=O) groups is 2. The maximum Gasteiger partial charge on any atom is 0.255 e. The summed E-state index contributed by atoms with van der Waals surface area (Å²) >= 11 is 6.28. The number of hydrogen-bond acceptors (Lipinski definition) is 5. The van der Waals surface area contributed by atoms with Crippen molar-refractivity contribution in [1.29, 1.82) is 0 Å². The van der Waals surface area contributed by atoms with Crippen LogP contribution in [0.5, 0.6) is 5.75 Å². The second kappa shape index (κ2) is 10.7. The van der Waals surface area contributed by atoms with Crippen molar-refractivity contribution < 1.29 is 19.1 Å². The number of methoxy groups -OCH3 is 1. The first-order valence-electron chi connectivity index (χ1n) is 11.1. The average Bonchev–Trinajstić information content (AvgIpc) is 2.68. The molecule has 2 fully saturated rings. The zero-order valence-corrected chi connectivity index (χ0v) is 19.6. The number of benzene rings is 1. The standard InChI is InChI=1S/C23H34ClN3O4/c1-14(2)6-5-7-27-17-8-16(9-18(27)13-31-12-17)26-23(29)19-10-20(24)21(25-15(3)28)11-22(19)30-4/h10-11,14,16-18H,5-9,12-13H2,1-4H3,(H,25,28)(H,26,29). The van der Waals surface area contributed by atoms with Crippen molar-refractivity contribution in [3.8, 4) is 5.75 Å².